The minimum absolute atomic E-state index is 0.0111. The molecule has 3 aliphatic carbocycles. The molecule has 7 unspecified atom stereocenters. The third-order valence-corrected chi connectivity index (χ3v) is 7.54. The van der Waals surface area contributed by atoms with Gasteiger partial charge in [0.25, 0.3) is 0 Å². The highest BCUT2D eigenvalue weighted by atomic mass is 16.6. The first-order valence-electron chi connectivity index (χ1n) is 11.2. The summed E-state index contributed by atoms with van der Waals surface area (Å²) in [6, 6.07) is 0. The summed E-state index contributed by atoms with van der Waals surface area (Å²) in [4.78, 5) is 13.3. The molecule has 0 radical (unpaired) electrons. The van der Waals surface area contributed by atoms with Crippen molar-refractivity contribution >= 4 is 5.97 Å². The Morgan fingerprint density at radius 1 is 1.19 bits per heavy atom. The van der Waals surface area contributed by atoms with Gasteiger partial charge in [0.15, 0.2) is 0 Å². The van der Waals surface area contributed by atoms with Crippen LogP contribution in [0.4, 0.5) is 0 Å². The molecule has 154 valence electrons. The fourth-order valence-electron chi connectivity index (χ4n) is 6.35. The molecular weight excluding hydrogens is 336 g/mol. The first-order chi connectivity index (χ1) is 12.5. The number of carbonyl (C=O) groups is 1. The number of aliphatic hydroxyl groups is 1. The van der Waals surface area contributed by atoms with E-state index in [1.165, 1.54) is 5.57 Å². The monoisotopic (exact) mass is 376 g/mol. The predicted molar refractivity (Wildman–Crippen MR) is 109 cm³/mol. The molecule has 0 aromatic carbocycles. The van der Waals surface area contributed by atoms with Gasteiger partial charge >= 0.3 is 5.97 Å². The lowest BCUT2D eigenvalue weighted by Gasteiger charge is -2.61. The summed E-state index contributed by atoms with van der Waals surface area (Å²) in [5.41, 5.74) is 0.0451. The minimum Gasteiger partial charge on any atom is -0.458 e. The Kier molecular flexibility index (Phi) is 5.58. The molecule has 0 aromatic rings. The zero-order chi connectivity index (χ0) is 20.1. The quantitative estimate of drug-likeness (QED) is 0.518. The van der Waals surface area contributed by atoms with E-state index in [0.717, 1.165) is 32.1 Å². The topological polar surface area (TPSA) is 46.5 Å². The summed E-state index contributed by atoms with van der Waals surface area (Å²) in [5.74, 6) is 1.84. The van der Waals surface area contributed by atoms with Crippen molar-refractivity contribution in [3.63, 3.8) is 0 Å². The van der Waals surface area contributed by atoms with Gasteiger partial charge in [-0.05, 0) is 67.3 Å². The van der Waals surface area contributed by atoms with Gasteiger partial charge in [-0.3, -0.25) is 4.79 Å². The Labute approximate surface area is 165 Å². The van der Waals surface area contributed by atoms with E-state index in [4.69, 9.17) is 4.74 Å². The van der Waals surface area contributed by atoms with Crippen molar-refractivity contribution in [3.05, 3.63) is 11.6 Å². The Morgan fingerprint density at radius 2 is 1.85 bits per heavy atom. The van der Waals surface area contributed by atoms with Crippen LogP contribution < -0.4 is 0 Å². The molecular formula is C24H40O3. The predicted octanol–water partition coefficient (Wildman–Crippen LogP) is 5.37. The van der Waals surface area contributed by atoms with E-state index >= 15 is 0 Å². The van der Waals surface area contributed by atoms with Gasteiger partial charge in [0, 0.05) is 5.92 Å². The molecule has 1 N–H and O–H groups in total. The maximum Gasteiger partial charge on any atom is 0.309 e. The molecule has 3 rings (SSSR count). The van der Waals surface area contributed by atoms with Gasteiger partial charge in [-0.15, -0.1) is 0 Å². The van der Waals surface area contributed by atoms with Gasteiger partial charge < -0.3 is 9.84 Å². The molecule has 7 atom stereocenters. The SMILES string of the molecule is CC(C)CC(C(=O)OC12CC(C)C=C3C1CC(C)CC3(O)C(C)C2)C(C)C. The lowest BCUT2D eigenvalue weighted by atomic mass is 9.49. The van der Waals surface area contributed by atoms with Crippen LogP contribution in [0.3, 0.4) is 0 Å². The molecule has 2 fully saturated rings. The summed E-state index contributed by atoms with van der Waals surface area (Å²) in [7, 11) is 0. The Balaban J connectivity index is 1.94. The van der Waals surface area contributed by atoms with Gasteiger partial charge in [0.2, 0.25) is 0 Å². The van der Waals surface area contributed by atoms with E-state index in [2.05, 4.69) is 54.5 Å². The van der Waals surface area contributed by atoms with Crippen molar-refractivity contribution in [1.82, 2.24) is 0 Å². The molecule has 0 spiro atoms. The second-order valence-corrected chi connectivity index (χ2v) is 10.9. The van der Waals surface area contributed by atoms with E-state index in [-0.39, 0.29) is 29.6 Å². The van der Waals surface area contributed by atoms with Crippen LogP contribution in [0.1, 0.15) is 80.6 Å². The van der Waals surface area contributed by atoms with Crippen LogP contribution in [0.25, 0.3) is 0 Å². The molecule has 2 saturated carbocycles. The average molecular weight is 377 g/mol. The minimum atomic E-state index is -0.706. The number of hydrogen-bond donors (Lipinski definition) is 1. The Hall–Kier alpha value is -0.830. The van der Waals surface area contributed by atoms with Gasteiger partial charge in [0.05, 0.1) is 11.5 Å². The molecule has 0 amide bonds. The smallest absolute Gasteiger partial charge is 0.309 e. The molecule has 0 saturated heterocycles. The van der Waals surface area contributed by atoms with E-state index in [1.54, 1.807) is 0 Å². The molecule has 4 bridgehead atoms. The first-order valence-corrected chi connectivity index (χ1v) is 11.2. The van der Waals surface area contributed by atoms with Crippen molar-refractivity contribution in [3.8, 4) is 0 Å². The molecule has 0 aromatic heterocycles. The molecule has 0 aliphatic heterocycles. The summed E-state index contributed by atoms with van der Waals surface area (Å²) in [5, 5.41) is 11.5. The number of rotatable bonds is 5. The third kappa shape index (κ3) is 3.61. The maximum absolute atomic E-state index is 13.3. The molecule has 27 heavy (non-hydrogen) atoms. The Morgan fingerprint density at radius 3 is 2.44 bits per heavy atom. The maximum atomic E-state index is 13.3. The van der Waals surface area contributed by atoms with Gasteiger partial charge in [-0.2, -0.15) is 0 Å². The fraction of sp³-hybridized carbons (Fsp3) is 0.875. The zero-order valence-electron chi connectivity index (χ0n) is 18.4. The summed E-state index contributed by atoms with van der Waals surface area (Å²) in [6.45, 7) is 15.2. The van der Waals surface area contributed by atoms with Crippen LogP contribution in [0.2, 0.25) is 0 Å². The summed E-state index contributed by atoms with van der Waals surface area (Å²) < 4.78 is 6.50. The molecule has 0 heterocycles. The average Bonchev–Trinajstić information content (AvgIpc) is 2.52. The lowest BCUT2D eigenvalue weighted by molar-refractivity contribution is -0.200. The number of carbonyl (C=O) groups excluding carboxylic acids is 1. The van der Waals surface area contributed by atoms with E-state index in [0.29, 0.717) is 17.8 Å². The van der Waals surface area contributed by atoms with Crippen LogP contribution in [0.5, 0.6) is 0 Å². The second kappa shape index (κ2) is 7.21. The first kappa shape index (κ1) is 20.9. The van der Waals surface area contributed by atoms with Crippen molar-refractivity contribution in [2.45, 2.75) is 91.8 Å². The van der Waals surface area contributed by atoms with Crippen LogP contribution in [-0.2, 0) is 9.53 Å². The third-order valence-electron chi connectivity index (χ3n) is 7.54. The molecule has 3 heteroatoms. The largest absolute Gasteiger partial charge is 0.458 e. The fourth-order valence-corrected chi connectivity index (χ4v) is 6.35. The van der Waals surface area contributed by atoms with Crippen molar-refractivity contribution in [2.24, 2.45) is 41.4 Å². The molecule has 3 nitrogen and oxygen atoms in total. The normalized spacial score (nSPS) is 42.1. The number of esters is 1. The highest BCUT2D eigenvalue weighted by molar-refractivity contribution is 5.73. The van der Waals surface area contributed by atoms with Crippen LogP contribution in [0, 0.1) is 41.4 Å². The lowest BCUT2D eigenvalue weighted by Crippen LogP contribution is -2.63. The van der Waals surface area contributed by atoms with Crippen LogP contribution in [0.15, 0.2) is 11.6 Å². The van der Waals surface area contributed by atoms with Crippen LogP contribution in [-0.4, -0.2) is 22.3 Å². The van der Waals surface area contributed by atoms with Gasteiger partial charge in [-0.1, -0.05) is 54.5 Å². The van der Waals surface area contributed by atoms with E-state index < -0.39 is 11.2 Å². The summed E-state index contributed by atoms with van der Waals surface area (Å²) >= 11 is 0. The second-order valence-electron chi connectivity index (χ2n) is 10.9. The molecule has 3 aliphatic rings. The number of ether oxygens (including phenoxy) is 1. The van der Waals surface area contributed by atoms with Crippen LogP contribution >= 0.6 is 0 Å². The van der Waals surface area contributed by atoms with Crippen molar-refractivity contribution < 1.29 is 14.6 Å². The summed E-state index contributed by atoms with van der Waals surface area (Å²) in [6.07, 6.45) is 6.73. The standard InChI is InChI=1S/C24H40O3/c1-14(2)8-19(15(3)4)22(25)27-23-11-16(5)10-21-20(23)9-17(6)12-24(21,26)18(7)13-23/h10,14-20,26H,8-9,11-13H2,1-7H3. The number of allylic oxidation sites excluding steroid dienone is 1. The Bertz CT molecular complexity index is 607. The van der Waals surface area contributed by atoms with E-state index in [1.807, 2.05) is 0 Å². The number of hydrogen-bond acceptors (Lipinski definition) is 3. The van der Waals surface area contributed by atoms with Crippen molar-refractivity contribution in [2.75, 3.05) is 0 Å². The van der Waals surface area contributed by atoms with Crippen molar-refractivity contribution in [1.29, 1.82) is 0 Å². The highest BCUT2D eigenvalue weighted by Gasteiger charge is 2.62. The zero-order valence-corrected chi connectivity index (χ0v) is 18.4. The van der Waals surface area contributed by atoms with Gasteiger partial charge in [-0.25, -0.2) is 0 Å². The van der Waals surface area contributed by atoms with Gasteiger partial charge in [0.1, 0.15) is 5.60 Å². The highest BCUT2D eigenvalue weighted by Crippen LogP contribution is 2.60. The van der Waals surface area contributed by atoms with E-state index in [9.17, 15) is 9.90 Å².